The molecule has 0 bridgehead atoms. The third-order valence-corrected chi connectivity index (χ3v) is 2.00. The predicted octanol–water partition coefficient (Wildman–Crippen LogP) is 3.92. The molecule has 0 saturated heterocycles. The number of carbonyl (C=O) groups is 1. The third-order valence-electron chi connectivity index (χ3n) is 2.00. The fraction of sp³-hybridized carbons (Fsp3) is 0.750. The Hall–Kier alpha value is -0.790. The van der Waals surface area contributed by atoms with Crippen LogP contribution < -0.4 is 0 Å². The lowest BCUT2D eigenvalue weighted by Crippen LogP contribution is -1.89. The molecule has 0 saturated carbocycles. The van der Waals surface area contributed by atoms with Crippen LogP contribution in [0.1, 0.15) is 53.4 Å². The summed E-state index contributed by atoms with van der Waals surface area (Å²) in [7, 11) is 0. The van der Waals surface area contributed by atoms with Crippen LogP contribution in [0.2, 0.25) is 0 Å². The number of hydrogen-bond acceptors (Lipinski definition) is 2. The molecular weight excluding hydrogens is 176 g/mol. The van der Waals surface area contributed by atoms with E-state index in [9.17, 15) is 4.79 Å². The second-order valence-corrected chi connectivity index (χ2v) is 3.43. The Morgan fingerprint density at radius 2 is 2.07 bits per heavy atom. The van der Waals surface area contributed by atoms with E-state index in [4.69, 9.17) is 0 Å². The Labute approximate surface area is 88.3 Å². The smallest absolute Gasteiger partial charge is 0.307 e. The fourth-order valence-corrected chi connectivity index (χ4v) is 0.874. The van der Waals surface area contributed by atoms with E-state index in [1.807, 2.05) is 0 Å². The van der Waals surface area contributed by atoms with Gasteiger partial charge in [-0.3, -0.25) is 4.79 Å². The van der Waals surface area contributed by atoms with Crippen LogP contribution in [0.25, 0.3) is 0 Å². The third kappa shape index (κ3) is 17.3. The molecule has 0 aromatic rings. The SMILES string of the molecule is C=COC(C)=O.CCCCC(C)CC. The van der Waals surface area contributed by atoms with Gasteiger partial charge in [-0.15, -0.1) is 0 Å². The molecular formula is C12H24O2. The summed E-state index contributed by atoms with van der Waals surface area (Å²) in [5, 5.41) is 0. The summed E-state index contributed by atoms with van der Waals surface area (Å²) in [6.45, 7) is 11.3. The van der Waals surface area contributed by atoms with Crippen LogP contribution in [0, 0.1) is 5.92 Å². The standard InChI is InChI=1S/C8H18.C4H6O2/c1-4-6-7-8(3)5-2;1-3-6-4(2)5/h8H,4-7H2,1-3H3;3H,1H2,2H3. The molecule has 14 heavy (non-hydrogen) atoms. The number of carbonyl (C=O) groups excluding carboxylic acids is 1. The van der Waals surface area contributed by atoms with Crippen LogP contribution in [-0.4, -0.2) is 5.97 Å². The van der Waals surface area contributed by atoms with Crippen molar-refractivity contribution in [2.45, 2.75) is 53.4 Å². The molecule has 0 radical (unpaired) electrons. The Morgan fingerprint density at radius 3 is 2.29 bits per heavy atom. The summed E-state index contributed by atoms with van der Waals surface area (Å²) in [5.74, 6) is 0.625. The molecule has 0 aliphatic carbocycles. The summed E-state index contributed by atoms with van der Waals surface area (Å²) in [6.07, 6.45) is 6.63. The molecule has 0 spiro atoms. The van der Waals surface area contributed by atoms with Gasteiger partial charge in [-0.1, -0.05) is 53.0 Å². The van der Waals surface area contributed by atoms with Crippen molar-refractivity contribution in [3.63, 3.8) is 0 Å². The number of hydrogen-bond donors (Lipinski definition) is 0. The monoisotopic (exact) mass is 200 g/mol. The Kier molecular flexibility index (Phi) is 13.7. The van der Waals surface area contributed by atoms with Gasteiger partial charge in [0.05, 0.1) is 6.26 Å². The van der Waals surface area contributed by atoms with E-state index >= 15 is 0 Å². The maximum absolute atomic E-state index is 9.75. The highest BCUT2D eigenvalue weighted by atomic mass is 16.5. The average Bonchev–Trinajstić information content (AvgIpc) is 2.15. The summed E-state index contributed by atoms with van der Waals surface area (Å²) < 4.78 is 4.17. The van der Waals surface area contributed by atoms with Gasteiger partial charge in [0.25, 0.3) is 0 Å². The van der Waals surface area contributed by atoms with Gasteiger partial charge < -0.3 is 4.74 Å². The van der Waals surface area contributed by atoms with Gasteiger partial charge in [-0.25, -0.2) is 0 Å². The van der Waals surface area contributed by atoms with Gasteiger partial charge in [0.2, 0.25) is 0 Å². The van der Waals surface area contributed by atoms with Crippen molar-refractivity contribution in [2.75, 3.05) is 0 Å². The quantitative estimate of drug-likeness (QED) is 0.496. The van der Waals surface area contributed by atoms with Crippen molar-refractivity contribution in [3.8, 4) is 0 Å². The van der Waals surface area contributed by atoms with Gasteiger partial charge in [0.15, 0.2) is 0 Å². The van der Waals surface area contributed by atoms with E-state index in [2.05, 4.69) is 32.1 Å². The minimum absolute atomic E-state index is 0.329. The first kappa shape index (κ1) is 15.7. The second-order valence-electron chi connectivity index (χ2n) is 3.43. The van der Waals surface area contributed by atoms with E-state index in [0.717, 1.165) is 12.2 Å². The maximum Gasteiger partial charge on any atom is 0.307 e. The van der Waals surface area contributed by atoms with Crippen LogP contribution in [0.4, 0.5) is 0 Å². The maximum atomic E-state index is 9.75. The van der Waals surface area contributed by atoms with Crippen molar-refractivity contribution < 1.29 is 9.53 Å². The number of ether oxygens (including phenoxy) is 1. The summed E-state index contributed by atoms with van der Waals surface area (Å²) in [4.78, 5) is 9.75. The van der Waals surface area contributed by atoms with Crippen molar-refractivity contribution in [3.05, 3.63) is 12.8 Å². The minimum Gasteiger partial charge on any atom is -0.435 e. The Bertz CT molecular complexity index is 141. The average molecular weight is 200 g/mol. The van der Waals surface area contributed by atoms with Crippen LogP contribution in [-0.2, 0) is 9.53 Å². The van der Waals surface area contributed by atoms with E-state index in [-0.39, 0.29) is 5.97 Å². The topological polar surface area (TPSA) is 26.3 Å². The molecule has 1 atom stereocenters. The molecule has 0 amide bonds. The molecule has 0 aliphatic rings. The highest BCUT2D eigenvalue weighted by Gasteiger charge is 1.94. The normalized spacial score (nSPS) is 10.9. The summed E-state index contributed by atoms with van der Waals surface area (Å²) >= 11 is 0. The number of unbranched alkanes of at least 4 members (excludes halogenated alkanes) is 1. The van der Waals surface area contributed by atoms with E-state index in [1.165, 1.54) is 32.6 Å². The second kappa shape index (κ2) is 12.2. The molecule has 0 fully saturated rings. The minimum atomic E-state index is -0.329. The first-order valence-corrected chi connectivity index (χ1v) is 5.36. The Morgan fingerprint density at radius 1 is 1.50 bits per heavy atom. The van der Waals surface area contributed by atoms with Gasteiger partial charge >= 0.3 is 5.97 Å². The summed E-state index contributed by atoms with van der Waals surface area (Å²) in [6, 6.07) is 0. The molecule has 2 nitrogen and oxygen atoms in total. The molecule has 0 N–H and O–H groups in total. The van der Waals surface area contributed by atoms with Crippen LogP contribution in [0.3, 0.4) is 0 Å². The molecule has 0 aromatic carbocycles. The fourth-order valence-electron chi connectivity index (χ4n) is 0.874. The number of rotatable bonds is 5. The summed E-state index contributed by atoms with van der Waals surface area (Å²) in [5.41, 5.74) is 0. The first-order chi connectivity index (χ1) is 6.58. The highest BCUT2D eigenvalue weighted by Crippen LogP contribution is 2.09. The van der Waals surface area contributed by atoms with Gasteiger partial charge in [-0.2, -0.15) is 0 Å². The van der Waals surface area contributed by atoms with Crippen LogP contribution >= 0.6 is 0 Å². The van der Waals surface area contributed by atoms with Crippen LogP contribution in [0.5, 0.6) is 0 Å². The first-order valence-electron chi connectivity index (χ1n) is 5.36. The number of esters is 1. The van der Waals surface area contributed by atoms with Gasteiger partial charge in [-0.05, 0) is 5.92 Å². The highest BCUT2D eigenvalue weighted by molar-refractivity contribution is 5.66. The largest absolute Gasteiger partial charge is 0.435 e. The predicted molar refractivity (Wildman–Crippen MR) is 60.9 cm³/mol. The zero-order valence-corrected chi connectivity index (χ0v) is 10.0. The molecule has 1 unspecified atom stereocenters. The van der Waals surface area contributed by atoms with Crippen molar-refractivity contribution >= 4 is 5.97 Å². The van der Waals surface area contributed by atoms with Crippen molar-refractivity contribution in [2.24, 2.45) is 5.92 Å². The van der Waals surface area contributed by atoms with E-state index in [0.29, 0.717) is 0 Å². The van der Waals surface area contributed by atoms with Crippen molar-refractivity contribution in [1.82, 2.24) is 0 Å². The lowest BCUT2D eigenvalue weighted by molar-refractivity contribution is -0.135. The molecule has 0 heterocycles. The zero-order valence-electron chi connectivity index (χ0n) is 10.0. The van der Waals surface area contributed by atoms with E-state index < -0.39 is 0 Å². The molecule has 84 valence electrons. The van der Waals surface area contributed by atoms with E-state index in [1.54, 1.807) is 0 Å². The van der Waals surface area contributed by atoms with Crippen molar-refractivity contribution in [1.29, 1.82) is 0 Å². The Balaban J connectivity index is 0. The lowest BCUT2D eigenvalue weighted by atomic mass is 10.0. The lowest BCUT2D eigenvalue weighted by Gasteiger charge is -2.04. The molecule has 2 heteroatoms. The zero-order chi connectivity index (χ0) is 11.4. The molecule has 0 rings (SSSR count). The molecule has 0 aliphatic heterocycles. The van der Waals surface area contributed by atoms with Gasteiger partial charge in [0, 0.05) is 6.92 Å². The van der Waals surface area contributed by atoms with Gasteiger partial charge in [0.1, 0.15) is 0 Å². The molecule has 0 aromatic heterocycles. The van der Waals surface area contributed by atoms with Crippen LogP contribution in [0.15, 0.2) is 12.8 Å².